The maximum absolute atomic E-state index is 12.4. The second kappa shape index (κ2) is 9.01. The fraction of sp³-hybridized carbons (Fsp3) is 0.652. The van der Waals surface area contributed by atoms with Crippen molar-refractivity contribution in [1.82, 2.24) is 9.88 Å². The minimum atomic E-state index is -1.86. The fourth-order valence-corrected chi connectivity index (χ4v) is 4.14. The van der Waals surface area contributed by atoms with Crippen molar-refractivity contribution in [3.8, 4) is 0 Å². The Morgan fingerprint density at radius 2 is 1.90 bits per heavy atom. The predicted octanol–water partition coefficient (Wildman–Crippen LogP) is 6.53. The normalized spacial score (nSPS) is 18.3. The first-order valence-corrected chi connectivity index (χ1v) is 13.9. The van der Waals surface area contributed by atoms with Crippen molar-refractivity contribution in [3.05, 3.63) is 34.6 Å². The molecule has 0 N–H and O–H groups in total. The summed E-state index contributed by atoms with van der Waals surface area (Å²) in [4.78, 5) is 18.7. The third-order valence-corrected chi connectivity index (χ3v) is 10.6. The monoisotopic (exact) mass is 452 g/mol. The van der Waals surface area contributed by atoms with Crippen LogP contribution in [0.2, 0.25) is 23.2 Å². The van der Waals surface area contributed by atoms with Gasteiger partial charge in [0, 0.05) is 19.3 Å². The summed E-state index contributed by atoms with van der Waals surface area (Å²) in [6, 6.07) is 1.96. The average molecular weight is 453 g/mol. The van der Waals surface area contributed by atoms with Crippen molar-refractivity contribution in [2.75, 3.05) is 13.1 Å². The number of halogens is 1. The number of pyridine rings is 1. The molecule has 0 fully saturated rings. The zero-order valence-corrected chi connectivity index (χ0v) is 21.7. The summed E-state index contributed by atoms with van der Waals surface area (Å²) >= 11 is 6.55. The van der Waals surface area contributed by atoms with Gasteiger partial charge in [-0.1, -0.05) is 45.4 Å². The third-order valence-electron chi connectivity index (χ3n) is 5.84. The van der Waals surface area contributed by atoms with Gasteiger partial charge in [-0.3, -0.25) is 4.98 Å². The molecule has 0 aliphatic carbocycles. The summed E-state index contributed by atoms with van der Waals surface area (Å²) < 4.78 is 11.8. The van der Waals surface area contributed by atoms with Crippen molar-refractivity contribution in [3.63, 3.8) is 0 Å². The number of ether oxygens (including phenoxy) is 1. The van der Waals surface area contributed by atoms with E-state index in [9.17, 15) is 4.79 Å². The Morgan fingerprint density at radius 3 is 2.40 bits per heavy atom. The van der Waals surface area contributed by atoms with Crippen LogP contribution in [0.5, 0.6) is 0 Å². The van der Waals surface area contributed by atoms with Gasteiger partial charge in [-0.25, -0.2) is 4.79 Å². The Kier molecular flexibility index (Phi) is 7.48. The number of carbonyl (C=O) groups excluding carboxylic acids is 1. The number of aromatic nitrogens is 1. The summed E-state index contributed by atoms with van der Waals surface area (Å²) in [5.74, 6) is 0.165. The van der Waals surface area contributed by atoms with Gasteiger partial charge in [-0.05, 0) is 62.0 Å². The highest BCUT2D eigenvalue weighted by molar-refractivity contribution is 6.74. The lowest BCUT2D eigenvalue weighted by atomic mass is 9.91. The molecule has 0 spiro atoms. The molecule has 1 aliphatic heterocycles. The second-order valence-corrected chi connectivity index (χ2v) is 15.9. The zero-order chi connectivity index (χ0) is 22.9. The first kappa shape index (κ1) is 24.9. The molecule has 0 saturated carbocycles. The molecule has 2 heterocycles. The summed E-state index contributed by atoms with van der Waals surface area (Å²) in [7, 11) is -1.86. The van der Waals surface area contributed by atoms with E-state index in [0.717, 1.165) is 16.8 Å². The number of hydrogen-bond acceptors (Lipinski definition) is 4. The van der Waals surface area contributed by atoms with E-state index in [2.05, 4.69) is 51.8 Å². The third kappa shape index (κ3) is 6.31. The Bertz CT molecular complexity index is 810. The van der Waals surface area contributed by atoms with Crippen molar-refractivity contribution < 1.29 is 14.0 Å². The predicted molar refractivity (Wildman–Crippen MR) is 126 cm³/mol. The van der Waals surface area contributed by atoms with Crippen LogP contribution in [0.15, 0.2) is 18.3 Å². The van der Waals surface area contributed by atoms with Gasteiger partial charge < -0.3 is 14.1 Å². The smallest absolute Gasteiger partial charge is 0.410 e. The van der Waals surface area contributed by atoms with Crippen molar-refractivity contribution in [2.24, 2.45) is 5.92 Å². The van der Waals surface area contributed by atoms with Gasteiger partial charge in [0.05, 0.1) is 17.3 Å². The molecule has 0 bridgehead atoms. The van der Waals surface area contributed by atoms with E-state index in [1.165, 1.54) is 0 Å². The highest BCUT2D eigenvalue weighted by Crippen LogP contribution is 2.37. The van der Waals surface area contributed by atoms with Crippen LogP contribution in [0, 0.1) is 5.92 Å². The molecule has 1 aliphatic rings. The molecular weight excluding hydrogens is 416 g/mol. The van der Waals surface area contributed by atoms with Crippen LogP contribution in [0.1, 0.15) is 59.7 Å². The Hall–Kier alpha value is -1.37. The molecular formula is C23H37ClN2O3Si. The van der Waals surface area contributed by atoms with E-state index < -0.39 is 13.9 Å². The molecule has 1 atom stereocenters. The van der Waals surface area contributed by atoms with Crippen LogP contribution in [-0.4, -0.2) is 43.0 Å². The molecule has 7 heteroatoms. The van der Waals surface area contributed by atoms with Crippen LogP contribution in [0.25, 0.3) is 5.57 Å². The van der Waals surface area contributed by atoms with E-state index in [0.29, 0.717) is 24.7 Å². The molecule has 0 radical (unpaired) electrons. The molecule has 1 aromatic heterocycles. The largest absolute Gasteiger partial charge is 0.444 e. The topological polar surface area (TPSA) is 51.7 Å². The van der Waals surface area contributed by atoms with Crippen LogP contribution < -0.4 is 0 Å². The summed E-state index contributed by atoms with van der Waals surface area (Å²) in [5, 5.41) is 0.760. The minimum Gasteiger partial charge on any atom is -0.444 e. The molecule has 168 valence electrons. The highest BCUT2D eigenvalue weighted by Gasteiger charge is 2.37. The lowest BCUT2D eigenvalue weighted by Gasteiger charge is -2.36. The second-order valence-electron chi connectivity index (χ2n) is 10.6. The first-order chi connectivity index (χ1) is 13.6. The summed E-state index contributed by atoms with van der Waals surface area (Å²) in [5.41, 5.74) is 2.42. The molecule has 2 rings (SSSR count). The zero-order valence-electron chi connectivity index (χ0n) is 19.9. The maximum Gasteiger partial charge on any atom is 0.410 e. The number of carbonyl (C=O) groups is 1. The van der Waals surface area contributed by atoms with Gasteiger partial charge >= 0.3 is 6.09 Å². The van der Waals surface area contributed by atoms with Crippen molar-refractivity contribution in [1.29, 1.82) is 0 Å². The average Bonchev–Trinajstić information content (AvgIpc) is 2.58. The van der Waals surface area contributed by atoms with Crippen molar-refractivity contribution in [2.45, 2.75) is 78.8 Å². The van der Waals surface area contributed by atoms with E-state index >= 15 is 0 Å². The summed E-state index contributed by atoms with van der Waals surface area (Å²) in [6.45, 7) is 20.4. The molecule has 1 unspecified atom stereocenters. The number of nitrogens with zero attached hydrogens (tertiary/aromatic N) is 2. The number of hydrogen-bond donors (Lipinski definition) is 0. The quantitative estimate of drug-likeness (QED) is 0.487. The minimum absolute atomic E-state index is 0.141. The SMILES string of the molecule is CC1CN(C(=O)OC(C)(C)C)CC=C1c1cnc(CO[Si](C)(C)C(C)(C)C)c(Cl)c1. The van der Waals surface area contributed by atoms with Crippen LogP contribution >= 0.6 is 11.6 Å². The van der Waals surface area contributed by atoms with E-state index in [4.69, 9.17) is 20.8 Å². The summed E-state index contributed by atoms with van der Waals surface area (Å²) in [6.07, 6.45) is 3.65. The molecule has 0 saturated heterocycles. The maximum atomic E-state index is 12.4. The first-order valence-electron chi connectivity index (χ1n) is 10.6. The van der Waals surface area contributed by atoms with Crippen LogP contribution in [0.3, 0.4) is 0 Å². The number of amides is 1. The van der Waals surface area contributed by atoms with Gasteiger partial charge in [0.2, 0.25) is 0 Å². The van der Waals surface area contributed by atoms with Crippen molar-refractivity contribution >= 4 is 31.6 Å². The van der Waals surface area contributed by atoms with Crippen LogP contribution in [-0.2, 0) is 15.8 Å². The Morgan fingerprint density at radius 1 is 1.27 bits per heavy atom. The fourth-order valence-electron chi connectivity index (χ4n) is 2.99. The number of rotatable bonds is 4. The van der Waals surface area contributed by atoms with E-state index in [1.54, 1.807) is 4.90 Å². The lowest BCUT2D eigenvalue weighted by molar-refractivity contribution is 0.0251. The molecule has 1 amide bonds. The highest BCUT2D eigenvalue weighted by atomic mass is 35.5. The van der Waals surface area contributed by atoms with Gasteiger partial charge in [0.25, 0.3) is 0 Å². The molecule has 0 aromatic carbocycles. The van der Waals surface area contributed by atoms with Gasteiger partial charge in [-0.15, -0.1) is 0 Å². The molecule has 30 heavy (non-hydrogen) atoms. The van der Waals surface area contributed by atoms with E-state index in [1.807, 2.05) is 33.0 Å². The van der Waals surface area contributed by atoms with Gasteiger partial charge in [-0.2, -0.15) is 0 Å². The molecule has 1 aromatic rings. The Labute approximate surface area is 187 Å². The van der Waals surface area contributed by atoms with E-state index in [-0.39, 0.29) is 17.0 Å². The molecule has 5 nitrogen and oxygen atoms in total. The van der Waals surface area contributed by atoms with Crippen LogP contribution in [0.4, 0.5) is 4.79 Å². The lowest BCUT2D eigenvalue weighted by Crippen LogP contribution is -2.41. The standard InChI is InChI=1S/C23H37ClN2O3Si/c1-16-14-26(21(27)29-22(2,3)4)11-10-18(16)17-12-19(24)20(25-13-17)15-28-30(8,9)23(5,6)7/h10,12-13,16H,11,14-15H2,1-9H3. The Balaban J connectivity index is 2.10. The van der Waals surface area contributed by atoms with Gasteiger partial charge in [0.1, 0.15) is 5.60 Å². The van der Waals surface area contributed by atoms with Gasteiger partial charge in [0.15, 0.2) is 8.32 Å².